The van der Waals surface area contributed by atoms with Crippen molar-refractivity contribution in [3.05, 3.63) is 78.3 Å². The first-order chi connectivity index (χ1) is 15.9. The van der Waals surface area contributed by atoms with Crippen LogP contribution in [0.4, 0.5) is 5.69 Å². The molecule has 0 saturated carbocycles. The van der Waals surface area contributed by atoms with Gasteiger partial charge in [-0.3, -0.25) is 9.10 Å². The van der Waals surface area contributed by atoms with E-state index in [2.05, 4.69) is 5.32 Å². The number of ether oxygens (including phenoxy) is 1. The van der Waals surface area contributed by atoms with E-state index in [1.165, 1.54) is 12.1 Å². The number of anilines is 1. The number of thioether (sulfide) groups is 1. The molecule has 0 saturated heterocycles. The molecule has 1 amide bonds. The Morgan fingerprint density at radius 3 is 2.45 bits per heavy atom. The summed E-state index contributed by atoms with van der Waals surface area (Å²) < 4.78 is 38.7. The zero-order valence-corrected chi connectivity index (χ0v) is 20.3. The maximum absolute atomic E-state index is 13.4. The van der Waals surface area contributed by atoms with Gasteiger partial charge in [0.1, 0.15) is 18.1 Å². The van der Waals surface area contributed by atoms with E-state index in [0.717, 1.165) is 15.6 Å². The molecule has 1 aromatic heterocycles. The summed E-state index contributed by atoms with van der Waals surface area (Å²) in [7, 11) is -3.96. The van der Waals surface area contributed by atoms with Gasteiger partial charge in [-0.05, 0) is 62.4 Å². The van der Waals surface area contributed by atoms with Crippen LogP contribution in [-0.2, 0) is 20.6 Å². The van der Waals surface area contributed by atoms with Gasteiger partial charge in [-0.25, -0.2) is 8.42 Å². The normalized spacial score (nSPS) is 11.2. The lowest BCUT2D eigenvalue weighted by atomic mass is 10.2. The van der Waals surface area contributed by atoms with E-state index in [-0.39, 0.29) is 17.3 Å². The van der Waals surface area contributed by atoms with Crippen LogP contribution >= 0.6 is 11.8 Å². The number of nitrogens with zero attached hydrogens (tertiary/aromatic N) is 1. The summed E-state index contributed by atoms with van der Waals surface area (Å²) in [5.41, 5.74) is 1.42. The quantitative estimate of drug-likeness (QED) is 0.384. The fourth-order valence-corrected chi connectivity index (χ4v) is 5.22. The first-order valence-corrected chi connectivity index (χ1v) is 13.2. The molecule has 0 fully saturated rings. The smallest absolute Gasteiger partial charge is 0.264 e. The van der Waals surface area contributed by atoms with Crippen LogP contribution in [0.25, 0.3) is 0 Å². The molecule has 7 nitrogen and oxygen atoms in total. The van der Waals surface area contributed by atoms with Gasteiger partial charge in [0, 0.05) is 12.3 Å². The third-order valence-corrected chi connectivity index (χ3v) is 7.49. The topological polar surface area (TPSA) is 88.9 Å². The largest absolute Gasteiger partial charge is 0.494 e. The summed E-state index contributed by atoms with van der Waals surface area (Å²) in [6.45, 7) is 4.37. The fourth-order valence-electron chi connectivity index (χ4n) is 3.04. The van der Waals surface area contributed by atoms with E-state index in [4.69, 9.17) is 9.15 Å². The van der Waals surface area contributed by atoms with Crippen molar-refractivity contribution in [1.82, 2.24) is 5.32 Å². The molecule has 176 valence electrons. The highest BCUT2D eigenvalue weighted by Crippen LogP contribution is 2.25. The first-order valence-electron chi connectivity index (χ1n) is 10.6. The Labute approximate surface area is 199 Å². The molecule has 0 aliphatic carbocycles. The molecular formula is C24H28N2O5S2. The van der Waals surface area contributed by atoms with Gasteiger partial charge < -0.3 is 14.5 Å². The summed E-state index contributed by atoms with van der Waals surface area (Å²) in [4.78, 5) is 12.7. The number of rotatable bonds is 12. The Balaban J connectivity index is 1.68. The van der Waals surface area contributed by atoms with Gasteiger partial charge in [0.15, 0.2) is 0 Å². The summed E-state index contributed by atoms with van der Waals surface area (Å²) in [5, 5.41) is 2.81. The van der Waals surface area contributed by atoms with E-state index in [1.54, 1.807) is 42.3 Å². The number of carbonyl (C=O) groups excluding carboxylic acids is 1. The van der Waals surface area contributed by atoms with Crippen LogP contribution < -0.4 is 14.4 Å². The number of nitrogens with one attached hydrogen (secondary N) is 1. The number of hydrogen-bond acceptors (Lipinski definition) is 6. The minimum Gasteiger partial charge on any atom is -0.494 e. The summed E-state index contributed by atoms with van der Waals surface area (Å²) in [5.74, 6) is 2.48. The number of hydrogen-bond donors (Lipinski definition) is 1. The highest BCUT2D eigenvalue weighted by atomic mass is 32.2. The van der Waals surface area contributed by atoms with Crippen LogP contribution in [0.2, 0.25) is 0 Å². The van der Waals surface area contributed by atoms with Gasteiger partial charge in [-0.15, -0.1) is 0 Å². The van der Waals surface area contributed by atoms with Crippen LogP contribution in [0.15, 0.2) is 76.2 Å². The van der Waals surface area contributed by atoms with Crippen molar-refractivity contribution in [2.75, 3.05) is 29.8 Å². The highest BCUT2D eigenvalue weighted by Gasteiger charge is 2.27. The molecule has 0 aliphatic heterocycles. The maximum atomic E-state index is 13.4. The molecule has 1 N–H and O–H groups in total. The SMILES string of the molecule is CCOc1ccc(S(=O)(=O)N(CC(=O)NCCSCc2ccco2)c2ccc(C)cc2)cc1. The Kier molecular flexibility index (Phi) is 8.85. The molecule has 1 heterocycles. The summed E-state index contributed by atoms with van der Waals surface area (Å²) >= 11 is 1.63. The Morgan fingerprint density at radius 2 is 1.82 bits per heavy atom. The number of sulfonamides is 1. The lowest BCUT2D eigenvalue weighted by molar-refractivity contribution is -0.119. The van der Waals surface area contributed by atoms with Crippen LogP contribution in [0.1, 0.15) is 18.2 Å². The third kappa shape index (κ3) is 7.03. The van der Waals surface area contributed by atoms with Crippen LogP contribution in [0.3, 0.4) is 0 Å². The Hall–Kier alpha value is -2.91. The molecule has 0 unspecified atom stereocenters. The number of carbonyl (C=O) groups is 1. The minimum absolute atomic E-state index is 0.0910. The zero-order valence-electron chi connectivity index (χ0n) is 18.7. The molecule has 0 atom stereocenters. The fraction of sp³-hybridized carbons (Fsp3) is 0.292. The summed E-state index contributed by atoms with van der Waals surface area (Å²) in [6.07, 6.45) is 1.63. The number of aryl methyl sites for hydroxylation is 1. The molecule has 33 heavy (non-hydrogen) atoms. The molecule has 9 heteroatoms. The van der Waals surface area contributed by atoms with Gasteiger partial charge in [-0.2, -0.15) is 11.8 Å². The average molecular weight is 489 g/mol. The summed E-state index contributed by atoms with van der Waals surface area (Å²) in [6, 6.07) is 17.0. The molecule has 0 radical (unpaired) electrons. The van der Waals surface area contributed by atoms with Gasteiger partial charge in [0.2, 0.25) is 5.91 Å². The van der Waals surface area contributed by atoms with Crippen molar-refractivity contribution in [3.63, 3.8) is 0 Å². The second-order valence-corrected chi connectivity index (χ2v) is 10.2. The average Bonchev–Trinajstić information content (AvgIpc) is 3.32. The predicted octanol–water partition coefficient (Wildman–Crippen LogP) is 4.23. The van der Waals surface area contributed by atoms with Gasteiger partial charge in [0.25, 0.3) is 10.0 Å². The van der Waals surface area contributed by atoms with Gasteiger partial charge in [0.05, 0.1) is 29.2 Å². The van der Waals surface area contributed by atoms with Crippen LogP contribution in [0, 0.1) is 6.92 Å². The lowest BCUT2D eigenvalue weighted by Crippen LogP contribution is -2.41. The van der Waals surface area contributed by atoms with Gasteiger partial charge >= 0.3 is 0 Å². The van der Waals surface area contributed by atoms with Crippen LogP contribution in [0.5, 0.6) is 5.75 Å². The first kappa shape index (κ1) is 24.7. The van der Waals surface area contributed by atoms with E-state index in [0.29, 0.717) is 36.1 Å². The lowest BCUT2D eigenvalue weighted by Gasteiger charge is -2.24. The van der Waals surface area contributed by atoms with Crippen molar-refractivity contribution in [1.29, 1.82) is 0 Å². The molecule has 3 rings (SSSR count). The second kappa shape index (κ2) is 11.8. The Bertz CT molecular complexity index is 1110. The van der Waals surface area contributed by atoms with E-state index in [1.807, 2.05) is 38.1 Å². The van der Waals surface area contributed by atoms with Crippen molar-refractivity contribution >= 4 is 33.4 Å². The minimum atomic E-state index is -3.96. The maximum Gasteiger partial charge on any atom is 0.264 e. The standard InChI is InChI=1S/C24H28N2O5S2/c1-3-30-21-10-12-23(13-11-21)33(28,29)26(20-8-6-19(2)7-9-20)17-24(27)25-14-16-32-18-22-5-4-15-31-22/h4-13,15H,3,14,16-18H2,1-2H3,(H,25,27). The molecule has 3 aromatic rings. The molecule has 0 bridgehead atoms. The molecule has 0 aliphatic rings. The van der Waals surface area contributed by atoms with E-state index < -0.39 is 10.0 Å². The Morgan fingerprint density at radius 1 is 1.09 bits per heavy atom. The van der Waals surface area contributed by atoms with Crippen molar-refractivity contribution in [2.45, 2.75) is 24.5 Å². The second-order valence-electron chi connectivity index (χ2n) is 7.23. The monoisotopic (exact) mass is 488 g/mol. The number of benzene rings is 2. The zero-order chi connectivity index (χ0) is 23.7. The van der Waals surface area contributed by atoms with Gasteiger partial charge in [-0.1, -0.05) is 17.7 Å². The van der Waals surface area contributed by atoms with Crippen molar-refractivity contribution < 1.29 is 22.4 Å². The molecule has 2 aromatic carbocycles. The molecular weight excluding hydrogens is 460 g/mol. The predicted molar refractivity (Wildman–Crippen MR) is 131 cm³/mol. The number of amides is 1. The number of furan rings is 1. The van der Waals surface area contributed by atoms with Crippen LogP contribution in [-0.4, -0.2) is 39.8 Å². The highest BCUT2D eigenvalue weighted by molar-refractivity contribution is 7.98. The van der Waals surface area contributed by atoms with E-state index >= 15 is 0 Å². The van der Waals surface area contributed by atoms with Crippen molar-refractivity contribution in [3.8, 4) is 5.75 Å². The third-order valence-electron chi connectivity index (χ3n) is 4.72. The van der Waals surface area contributed by atoms with E-state index in [9.17, 15) is 13.2 Å². The molecule has 0 spiro atoms. The van der Waals surface area contributed by atoms with Crippen molar-refractivity contribution in [2.24, 2.45) is 0 Å².